The predicted octanol–water partition coefficient (Wildman–Crippen LogP) is 2.80. The first kappa shape index (κ1) is 16.7. The van der Waals surface area contributed by atoms with Crippen molar-refractivity contribution in [2.75, 3.05) is 11.6 Å². The second kappa shape index (κ2) is 6.76. The zero-order valence-corrected chi connectivity index (χ0v) is 14.4. The molecule has 1 N–H and O–H groups in total. The highest BCUT2D eigenvalue weighted by Gasteiger charge is 2.20. The molecule has 6 nitrogen and oxygen atoms in total. The molecule has 1 aromatic heterocycles. The van der Waals surface area contributed by atoms with Crippen LogP contribution >= 0.6 is 0 Å². The van der Waals surface area contributed by atoms with Crippen LogP contribution in [0.1, 0.15) is 47.6 Å². The number of carbonyl (C=O) groups excluding carboxylic acids is 1. The summed E-state index contributed by atoms with van der Waals surface area (Å²) in [6, 6.07) is 8.83. The zero-order chi connectivity index (χ0) is 17.2. The largest absolute Gasteiger partial charge is 0.307 e. The second-order valence-corrected chi connectivity index (χ2v) is 8.46. The van der Waals surface area contributed by atoms with Gasteiger partial charge in [-0.1, -0.05) is 25.0 Å². The SMILES string of the molecule is CS(=O)(=O)Cc1cccc(C(=O)Nc2ccnn2C2CCCC2)c1. The number of aromatic nitrogens is 2. The molecule has 24 heavy (non-hydrogen) atoms. The minimum atomic E-state index is -3.13. The lowest BCUT2D eigenvalue weighted by molar-refractivity contribution is 0.102. The third-order valence-corrected chi connectivity index (χ3v) is 5.06. The fourth-order valence-electron chi connectivity index (χ4n) is 3.15. The van der Waals surface area contributed by atoms with Crippen molar-refractivity contribution in [3.05, 3.63) is 47.7 Å². The van der Waals surface area contributed by atoms with Gasteiger partial charge in [0.1, 0.15) is 5.82 Å². The third-order valence-electron chi connectivity index (χ3n) is 4.20. The molecule has 0 atom stereocenters. The van der Waals surface area contributed by atoms with E-state index in [0.717, 1.165) is 12.8 Å². The molecule has 0 saturated heterocycles. The van der Waals surface area contributed by atoms with E-state index in [1.807, 2.05) is 4.68 Å². The van der Waals surface area contributed by atoms with Gasteiger partial charge in [-0.2, -0.15) is 5.10 Å². The molecule has 3 rings (SSSR count). The van der Waals surface area contributed by atoms with Crippen LogP contribution in [0.4, 0.5) is 5.82 Å². The summed E-state index contributed by atoms with van der Waals surface area (Å²) in [6.45, 7) is 0. The van der Waals surface area contributed by atoms with Crippen LogP contribution in [0.25, 0.3) is 0 Å². The molecule has 128 valence electrons. The van der Waals surface area contributed by atoms with Crippen molar-refractivity contribution in [1.29, 1.82) is 0 Å². The predicted molar refractivity (Wildman–Crippen MR) is 92.7 cm³/mol. The Morgan fingerprint density at radius 3 is 2.75 bits per heavy atom. The maximum Gasteiger partial charge on any atom is 0.256 e. The van der Waals surface area contributed by atoms with Gasteiger partial charge in [-0.25, -0.2) is 13.1 Å². The molecule has 7 heteroatoms. The van der Waals surface area contributed by atoms with Crippen molar-refractivity contribution in [3.63, 3.8) is 0 Å². The monoisotopic (exact) mass is 347 g/mol. The first-order valence-corrected chi connectivity index (χ1v) is 10.1. The van der Waals surface area contributed by atoms with E-state index in [1.165, 1.54) is 19.1 Å². The number of rotatable bonds is 5. The number of hydrogen-bond acceptors (Lipinski definition) is 4. The molecule has 1 saturated carbocycles. The van der Waals surface area contributed by atoms with E-state index in [1.54, 1.807) is 36.5 Å². The van der Waals surface area contributed by atoms with Crippen LogP contribution in [0.5, 0.6) is 0 Å². The standard InChI is InChI=1S/C17H21N3O3S/c1-24(22,23)12-13-5-4-6-14(11-13)17(21)19-16-9-10-18-20(16)15-7-2-3-8-15/h4-6,9-11,15H,2-3,7-8,12H2,1H3,(H,19,21). The van der Waals surface area contributed by atoms with E-state index in [2.05, 4.69) is 10.4 Å². The normalized spacial score (nSPS) is 15.5. The Hall–Kier alpha value is -2.15. The molecule has 0 radical (unpaired) electrons. The van der Waals surface area contributed by atoms with Crippen LogP contribution in [0.3, 0.4) is 0 Å². The molecule has 1 aliphatic rings. The molecule has 1 aromatic carbocycles. The van der Waals surface area contributed by atoms with Crippen molar-refractivity contribution < 1.29 is 13.2 Å². The van der Waals surface area contributed by atoms with Crippen LogP contribution in [0.2, 0.25) is 0 Å². The van der Waals surface area contributed by atoms with Gasteiger partial charge in [0.2, 0.25) is 0 Å². The Morgan fingerprint density at radius 2 is 2.04 bits per heavy atom. The van der Waals surface area contributed by atoms with Crippen molar-refractivity contribution in [2.45, 2.75) is 37.5 Å². The van der Waals surface area contributed by atoms with Crippen LogP contribution in [-0.4, -0.2) is 30.4 Å². The summed E-state index contributed by atoms with van der Waals surface area (Å²) >= 11 is 0. The summed E-state index contributed by atoms with van der Waals surface area (Å²) < 4.78 is 24.7. The Morgan fingerprint density at radius 1 is 1.29 bits per heavy atom. The minimum absolute atomic E-state index is 0.0753. The average Bonchev–Trinajstić information content (AvgIpc) is 3.16. The van der Waals surface area contributed by atoms with E-state index in [0.29, 0.717) is 23.0 Å². The molecule has 0 bridgehead atoms. The lowest BCUT2D eigenvalue weighted by Gasteiger charge is -2.14. The number of nitrogens with one attached hydrogen (secondary N) is 1. The summed E-state index contributed by atoms with van der Waals surface area (Å²) in [5.74, 6) is 0.347. The summed E-state index contributed by atoms with van der Waals surface area (Å²) in [5.41, 5.74) is 1.05. The van der Waals surface area contributed by atoms with E-state index < -0.39 is 9.84 Å². The van der Waals surface area contributed by atoms with Gasteiger partial charge >= 0.3 is 0 Å². The molecule has 0 unspecified atom stereocenters. The molecule has 0 spiro atoms. The number of carbonyl (C=O) groups is 1. The fraction of sp³-hybridized carbons (Fsp3) is 0.412. The van der Waals surface area contributed by atoms with Gasteiger partial charge in [0.15, 0.2) is 9.84 Å². The Bertz CT molecular complexity index is 836. The topological polar surface area (TPSA) is 81.1 Å². The quantitative estimate of drug-likeness (QED) is 0.902. The average molecular weight is 347 g/mol. The number of hydrogen-bond donors (Lipinski definition) is 1. The van der Waals surface area contributed by atoms with Gasteiger partial charge in [0, 0.05) is 17.9 Å². The summed E-state index contributed by atoms with van der Waals surface area (Å²) in [6.07, 6.45) is 7.40. The molecule has 1 aliphatic carbocycles. The van der Waals surface area contributed by atoms with Gasteiger partial charge in [-0.15, -0.1) is 0 Å². The maximum atomic E-state index is 12.5. The van der Waals surface area contributed by atoms with Crippen LogP contribution in [0, 0.1) is 0 Å². The van der Waals surface area contributed by atoms with Crippen LogP contribution in [0.15, 0.2) is 36.5 Å². The van der Waals surface area contributed by atoms with Crippen molar-refractivity contribution >= 4 is 21.6 Å². The number of sulfone groups is 1. The molecule has 1 heterocycles. The second-order valence-electron chi connectivity index (χ2n) is 6.32. The smallest absolute Gasteiger partial charge is 0.256 e. The molecular weight excluding hydrogens is 326 g/mol. The Kier molecular flexibility index (Phi) is 4.71. The van der Waals surface area contributed by atoms with E-state index in [4.69, 9.17) is 0 Å². The molecule has 2 aromatic rings. The van der Waals surface area contributed by atoms with Crippen molar-refractivity contribution in [2.24, 2.45) is 0 Å². The first-order valence-electron chi connectivity index (χ1n) is 8.04. The molecule has 1 amide bonds. The number of amides is 1. The lowest BCUT2D eigenvalue weighted by Crippen LogP contribution is -2.18. The van der Waals surface area contributed by atoms with Crippen molar-refractivity contribution in [3.8, 4) is 0 Å². The van der Waals surface area contributed by atoms with Crippen LogP contribution in [-0.2, 0) is 15.6 Å². The van der Waals surface area contributed by atoms with Gasteiger partial charge in [-0.3, -0.25) is 4.79 Å². The highest BCUT2D eigenvalue weighted by Crippen LogP contribution is 2.31. The lowest BCUT2D eigenvalue weighted by atomic mass is 10.1. The molecule has 0 aliphatic heterocycles. The molecule has 1 fully saturated rings. The van der Waals surface area contributed by atoms with E-state index in [9.17, 15) is 13.2 Å². The Balaban J connectivity index is 1.76. The summed E-state index contributed by atoms with van der Waals surface area (Å²) in [7, 11) is -3.13. The van der Waals surface area contributed by atoms with E-state index in [-0.39, 0.29) is 11.7 Å². The van der Waals surface area contributed by atoms with Gasteiger partial charge in [-0.05, 0) is 30.5 Å². The van der Waals surface area contributed by atoms with Gasteiger partial charge in [0.25, 0.3) is 5.91 Å². The number of benzene rings is 1. The zero-order valence-electron chi connectivity index (χ0n) is 13.6. The highest BCUT2D eigenvalue weighted by atomic mass is 32.2. The Labute approximate surface area is 141 Å². The van der Waals surface area contributed by atoms with Gasteiger partial charge < -0.3 is 5.32 Å². The summed E-state index contributed by atoms with van der Waals surface area (Å²) in [4.78, 5) is 12.5. The third kappa shape index (κ3) is 4.03. The van der Waals surface area contributed by atoms with Crippen LogP contribution < -0.4 is 5.32 Å². The first-order chi connectivity index (χ1) is 11.4. The molecular formula is C17H21N3O3S. The minimum Gasteiger partial charge on any atom is -0.307 e. The van der Waals surface area contributed by atoms with E-state index >= 15 is 0 Å². The van der Waals surface area contributed by atoms with Crippen molar-refractivity contribution in [1.82, 2.24) is 9.78 Å². The van der Waals surface area contributed by atoms with Gasteiger partial charge in [0.05, 0.1) is 18.0 Å². The number of anilines is 1. The summed E-state index contributed by atoms with van der Waals surface area (Å²) in [5, 5.41) is 7.22. The highest BCUT2D eigenvalue weighted by molar-refractivity contribution is 7.89. The fourth-order valence-corrected chi connectivity index (χ4v) is 3.93. The number of nitrogens with zero attached hydrogens (tertiary/aromatic N) is 2. The maximum absolute atomic E-state index is 12.5.